The van der Waals surface area contributed by atoms with Crippen molar-refractivity contribution in [2.75, 3.05) is 23.7 Å². The highest BCUT2D eigenvalue weighted by atomic mass is 32.1. The molecule has 4 heterocycles. The molecule has 5 aromatic rings. The van der Waals surface area contributed by atoms with Crippen LogP contribution in [0.15, 0.2) is 72.8 Å². The first-order valence-corrected chi connectivity index (χ1v) is 13.8. The number of likely N-dealkylation sites (tertiary alicyclic amines) is 1. The summed E-state index contributed by atoms with van der Waals surface area (Å²) < 4.78 is 31.5. The summed E-state index contributed by atoms with van der Waals surface area (Å²) in [5.41, 5.74) is 6.03. The van der Waals surface area contributed by atoms with Crippen LogP contribution in [0, 0.1) is 18.6 Å². The number of anilines is 3. The number of para-hydroxylation sites is 1. The molecular formula is C30H28F2N6S. The largest absolute Gasteiger partial charge is 0.353 e. The quantitative estimate of drug-likeness (QED) is 0.213. The lowest BCUT2D eigenvalue weighted by Crippen LogP contribution is -2.20. The van der Waals surface area contributed by atoms with Gasteiger partial charge in [-0.3, -0.25) is 9.30 Å². The normalized spacial score (nSPS) is 13.7. The zero-order valence-electron chi connectivity index (χ0n) is 21.5. The van der Waals surface area contributed by atoms with Crippen molar-refractivity contribution in [1.29, 1.82) is 0 Å². The number of imidazole rings is 1. The van der Waals surface area contributed by atoms with E-state index in [4.69, 9.17) is 4.98 Å². The van der Waals surface area contributed by atoms with Crippen molar-refractivity contribution in [2.24, 2.45) is 0 Å². The molecule has 0 atom stereocenters. The maximum absolute atomic E-state index is 15.1. The Morgan fingerprint density at radius 2 is 1.87 bits per heavy atom. The van der Waals surface area contributed by atoms with Crippen LogP contribution in [0.3, 0.4) is 0 Å². The molecule has 0 saturated carbocycles. The molecule has 9 heteroatoms. The second-order valence-corrected chi connectivity index (χ2v) is 10.6. The Hall–Kier alpha value is -4.08. The Bertz CT molecular complexity index is 1650. The Morgan fingerprint density at radius 3 is 2.67 bits per heavy atom. The van der Waals surface area contributed by atoms with Crippen LogP contribution in [0.25, 0.3) is 22.7 Å². The van der Waals surface area contributed by atoms with Crippen molar-refractivity contribution in [3.63, 3.8) is 0 Å². The Balaban J connectivity index is 1.20. The van der Waals surface area contributed by atoms with Crippen molar-refractivity contribution in [1.82, 2.24) is 19.3 Å². The number of thiazole rings is 1. The lowest BCUT2D eigenvalue weighted by atomic mass is 10.1. The van der Waals surface area contributed by atoms with Gasteiger partial charge in [-0.25, -0.2) is 18.7 Å². The molecule has 198 valence electrons. The second kappa shape index (κ2) is 10.6. The molecular weight excluding hydrogens is 514 g/mol. The molecule has 0 aliphatic carbocycles. The summed E-state index contributed by atoms with van der Waals surface area (Å²) in [6.45, 7) is 8.86. The molecule has 0 bridgehead atoms. The number of aromatic nitrogens is 3. The van der Waals surface area contributed by atoms with E-state index in [1.807, 2.05) is 23.7 Å². The van der Waals surface area contributed by atoms with Gasteiger partial charge in [0.2, 0.25) is 0 Å². The Labute approximate surface area is 229 Å². The van der Waals surface area contributed by atoms with Crippen LogP contribution in [0.2, 0.25) is 0 Å². The fraction of sp³-hybridized carbons (Fsp3) is 0.200. The third kappa shape index (κ3) is 5.15. The zero-order valence-corrected chi connectivity index (χ0v) is 22.4. The fourth-order valence-electron chi connectivity index (χ4n) is 4.96. The van der Waals surface area contributed by atoms with E-state index < -0.39 is 5.82 Å². The minimum Gasteiger partial charge on any atom is -0.353 e. The number of nitrogens with one attached hydrogen (secondary N) is 2. The third-order valence-electron chi connectivity index (χ3n) is 7.02. The summed E-state index contributed by atoms with van der Waals surface area (Å²) in [6.07, 6.45) is 4.31. The third-order valence-corrected chi connectivity index (χ3v) is 7.78. The number of hydrogen-bond acceptors (Lipinski definition) is 6. The topological polar surface area (TPSA) is 57.5 Å². The summed E-state index contributed by atoms with van der Waals surface area (Å²) in [6, 6.07) is 15.7. The van der Waals surface area contributed by atoms with Crippen LogP contribution in [0.4, 0.5) is 25.3 Å². The second-order valence-electron chi connectivity index (χ2n) is 9.73. The number of pyridine rings is 1. The molecule has 1 aliphatic heterocycles. The number of fused-ring (bicyclic) bond motifs is 1. The average Bonchev–Trinajstić information content (AvgIpc) is 3.69. The van der Waals surface area contributed by atoms with Gasteiger partial charge in [-0.1, -0.05) is 30.8 Å². The summed E-state index contributed by atoms with van der Waals surface area (Å²) in [4.78, 5) is 11.8. The summed E-state index contributed by atoms with van der Waals surface area (Å²) in [7, 11) is 0. The number of halogens is 2. The van der Waals surface area contributed by atoms with Crippen LogP contribution < -0.4 is 10.6 Å². The molecule has 6 nitrogen and oxygen atoms in total. The predicted molar refractivity (Wildman–Crippen MR) is 154 cm³/mol. The van der Waals surface area contributed by atoms with Crippen molar-refractivity contribution in [2.45, 2.75) is 26.3 Å². The molecule has 1 saturated heterocycles. The molecule has 0 radical (unpaired) electrons. The fourth-order valence-corrected chi connectivity index (χ4v) is 5.68. The van der Waals surface area contributed by atoms with E-state index in [0.717, 1.165) is 42.2 Å². The van der Waals surface area contributed by atoms with E-state index in [9.17, 15) is 4.39 Å². The van der Waals surface area contributed by atoms with Crippen molar-refractivity contribution in [3.05, 3.63) is 101 Å². The summed E-state index contributed by atoms with van der Waals surface area (Å²) >= 11 is 1.40. The number of benzene rings is 2. The van der Waals surface area contributed by atoms with Gasteiger partial charge in [-0.05, 0) is 68.8 Å². The SMILES string of the molecule is C=C(Nc1c(C)cccc1F)c1ccc(Nc2nc(-c3cnc4cccc(CN5CCCC5)n34)cs2)c(F)c1. The minimum atomic E-state index is -0.458. The van der Waals surface area contributed by atoms with Crippen LogP contribution >= 0.6 is 11.3 Å². The van der Waals surface area contributed by atoms with Gasteiger partial charge in [0.1, 0.15) is 23.0 Å². The molecule has 0 unspecified atom stereocenters. The highest BCUT2D eigenvalue weighted by Crippen LogP contribution is 2.31. The first kappa shape index (κ1) is 25.2. The maximum atomic E-state index is 15.1. The Kier molecular flexibility index (Phi) is 6.85. The predicted octanol–water partition coefficient (Wildman–Crippen LogP) is 7.47. The maximum Gasteiger partial charge on any atom is 0.187 e. The Morgan fingerprint density at radius 1 is 1.05 bits per heavy atom. The van der Waals surface area contributed by atoms with E-state index in [-0.39, 0.29) is 5.82 Å². The summed E-state index contributed by atoms with van der Waals surface area (Å²) in [5.74, 6) is -0.844. The molecule has 39 heavy (non-hydrogen) atoms. The van der Waals surface area contributed by atoms with Gasteiger partial charge in [0.15, 0.2) is 5.13 Å². The van der Waals surface area contributed by atoms with E-state index in [1.165, 1.54) is 42.0 Å². The van der Waals surface area contributed by atoms with Crippen molar-refractivity contribution >= 4 is 39.2 Å². The molecule has 2 aromatic carbocycles. The first-order valence-electron chi connectivity index (χ1n) is 12.9. The first-order chi connectivity index (χ1) is 19.0. The number of aryl methyl sites for hydroxylation is 1. The molecule has 1 aliphatic rings. The monoisotopic (exact) mass is 542 g/mol. The van der Waals surface area contributed by atoms with Crippen LogP contribution in [-0.4, -0.2) is 32.4 Å². The van der Waals surface area contributed by atoms with Crippen LogP contribution in [0.5, 0.6) is 0 Å². The van der Waals surface area contributed by atoms with E-state index >= 15 is 4.39 Å². The van der Waals surface area contributed by atoms with E-state index in [0.29, 0.717) is 27.8 Å². The molecule has 6 rings (SSSR count). The van der Waals surface area contributed by atoms with E-state index in [1.54, 1.807) is 31.2 Å². The number of nitrogens with zero attached hydrogens (tertiary/aromatic N) is 4. The van der Waals surface area contributed by atoms with Crippen LogP contribution in [-0.2, 0) is 6.54 Å². The van der Waals surface area contributed by atoms with Crippen molar-refractivity contribution in [3.8, 4) is 11.4 Å². The van der Waals surface area contributed by atoms with Crippen molar-refractivity contribution < 1.29 is 8.78 Å². The smallest absolute Gasteiger partial charge is 0.187 e. The van der Waals surface area contributed by atoms with Gasteiger partial charge in [0.05, 0.1) is 23.3 Å². The lowest BCUT2D eigenvalue weighted by molar-refractivity contribution is 0.326. The van der Waals surface area contributed by atoms with Crippen LogP contribution in [0.1, 0.15) is 29.7 Å². The van der Waals surface area contributed by atoms with Gasteiger partial charge in [-0.2, -0.15) is 0 Å². The standard InChI is InChI=1S/C30H28F2N6S/c1-19-7-5-9-23(31)29(19)34-20(2)21-11-12-25(24(32)15-21)35-30-36-26(18-39-30)27-16-33-28-10-6-8-22(38(27)28)17-37-13-3-4-14-37/h5-12,15-16,18,34H,2-4,13-14,17H2,1H3,(H,35,36). The molecule has 2 N–H and O–H groups in total. The van der Waals surface area contributed by atoms with Gasteiger partial charge >= 0.3 is 0 Å². The highest BCUT2D eigenvalue weighted by Gasteiger charge is 2.17. The van der Waals surface area contributed by atoms with Gasteiger partial charge in [-0.15, -0.1) is 11.3 Å². The van der Waals surface area contributed by atoms with Gasteiger partial charge in [0.25, 0.3) is 0 Å². The molecule has 0 spiro atoms. The number of hydrogen-bond donors (Lipinski definition) is 2. The molecule has 0 amide bonds. The zero-order chi connectivity index (χ0) is 26.9. The highest BCUT2D eigenvalue weighted by molar-refractivity contribution is 7.14. The molecule has 3 aromatic heterocycles. The van der Waals surface area contributed by atoms with Gasteiger partial charge in [0, 0.05) is 28.9 Å². The minimum absolute atomic E-state index is 0.294. The summed E-state index contributed by atoms with van der Waals surface area (Å²) in [5, 5.41) is 8.59. The average molecular weight is 543 g/mol. The lowest BCUT2D eigenvalue weighted by Gasteiger charge is -2.16. The number of rotatable bonds is 8. The molecule has 1 fully saturated rings. The van der Waals surface area contributed by atoms with E-state index in [2.05, 4.69) is 37.6 Å². The van der Waals surface area contributed by atoms with Gasteiger partial charge < -0.3 is 10.6 Å².